The molecule has 134 valence electrons. The number of piperidine rings is 1. The highest BCUT2D eigenvalue weighted by Crippen LogP contribution is 2.24. The molecule has 3 rings (SSSR count). The number of sulfonamides is 1. The third-order valence-corrected chi connectivity index (χ3v) is 5.97. The van der Waals surface area contributed by atoms with E-state index in [1.165, 1.54) is 16.8 Å². The molecule has 1 fully saturated rings. The van der Waals surface area contributed by atoms with Crippen LogP contribution in [0, 0.1) is 5.92 Å². The van der Waals surface area contributed by atoms with E-state index in [1.54, 1.807) is 31.4 Å². The van der Waals surface area contributed by atoms with E-state index in [0.29, 0.717) is 30.8 Å². The molecule has 1 aromatic heterocycles. The molecule has 1 aliphatic heterocycles. The number of H-pyrrole nitrogens is 1. The molecule has 2 aromatic rings. The van der Waals surface area contributed by atoms with Gasteiger partial charge in [-0.1, -0.05) is 6.07 Å². The highest BCUT2D eigenvalue weighted by atomic mass is 32.2. The van der Waals surface area contributed by atoms with E-state index in [-0.39, 0.29) is 17.5 Å². The number of carbonyl (C=O) groups is 1. The first-order valence-corrected chi connectivity index (χ1v) is 9.38. The fourth-order valence-corrected chi connectivity index (χ4v) is 4.26. The summed E-state index contributed by atoms with van der Waals surface area (Å²) in [5.74, 6) is 0.0419. The molecule has 0 bridgehead atoms. The first-order chi connectivity index (χ1) is 12.0. The molecule has 1 amide bonds. The first-order valence-electron chi connectivity index (χ1n) is 7.94. The van der Waals surface area contributed by atoms with Gasteiger partial charge in [-0.15, -0.1) is 0 Å². The van der Waals surface area contributed by atoms with E-state index in [2.05, 4.69) is 15.3 Å². The number of hydrogen-bond acceptors (Lipinski definition) is 5. The molecule has 1 saturated heterocycles. The maximum atomic E-state index is 12.6. The van der Waals surface area contributed by atoms with Crippen LogP contribution in [-0.2, 0) is 14.8 Å². The SMILES string of the molecule is COc1cccc(NC(=O)C2CCCN(S(=O)(=O)c3cnc[nH]3)C2)c1. The van der Waals surface area contributed by atoms with Gasteiger partial charge >= 0.3 is 0 Å². The van der Waals surface area contributed by atoms with Gasteiger partial charge in [0.1, 0.15) is 5.75 Å². The smallest absolute Gasteiger partial charge is 0.260 e. The molecule has 0 saturated carbocycles. The average Bonchev–Trinajstić information content (AvgIpc) is 3.17. The Balaban J connectivity index is 1.69. The van der Waals surface area contributed by atoms with Crippen molar-refractivity contribution in [1.82, 2.24) is 14.3 Å². The average molecular weight is 364 g/mol. The van der Waals surface area contributed by atoms with Gasteiger partial charge in [0, 0.05) is 24.8 Å². The van der Waals surface area contributed by atoms with Gasteiger partial charge in [0.25, 0.3) is 10.0 Å². The van der Waals surface area contributed by atoms with E-state index in [4.69, 9.17) is 4.74 Å². The van der Waals surface area contributed by atoms with Crippen LogP contribution in [0.2, 0.25) is 0 Å². The summed E-state index contributed by atoms with van der Waals surface area (Å²) >= 11 is 0. The Labute approximate surface area is 146 Å². The zero-order chi connectivity index (χ0) is 17.9. The lowest BCUT2D eigenvalue weighted by molar-refractivity contribution is -0.120. The Kier molecular flexibility index (Phi) is 5.05. The van der Waals surface area contributed by atoms with Crippen molar-refractivity contribution in [2.24, 2.45) is 5.92 Å². The third-order valence-electron chi connectivity index (χ3n) is 4.18. The second-order valence-corrected chi connectivity index (χ2v) is 7.75. The summed E-state index contributed by atoms with van der Waals surface area (Å²) in [6, 6.07) is 7.06. The molecular weight excluding hydrogens is 344 g/mol. The van der Waals surface area contributed by atoms with Crippen LogP contribution in [0.25, 0.3) is 0 Å². The minimum absolute atomic E-state index is 0.0429. The quantitative estimate of drug-likeness (QED) is 0.836. The van der Waals surface area contributed by atoms with Crippen LogP contribution in [0.5, 0.6) is 5.75 Å². The van der Waals surface area contributed by atoms with Crippen molar-refractivity contribution in [3.8, 4) is 5.75 Å². The maximum absolute atomic E-state index is 12.6. The number of benzene rings is 1. The number of nitrogens with zero attached hydrogens (tertiary/aromatic N) is 2. The van der Waals surface area contributed by atoms with Gasteiger partial charge in [-0.2, -0.15) is 4.31 Å². The van der Waals surface area contributed by atoms with E-state index in [9.17, 15) is 13.2 Å². The van der Waals surface area contributed by atoms with Crippen LogP contribution in [0.1, 0.15) is 12.8 Å². The van der Waals surface area contributed by atoms with Crippen LogP contribution in [-0.4, -0.2) is 48.8 Å². The molecule has 1 aromatic carbocycles. The van der Waals surface area contributed by atoms with Crippen molar-refractivity contribution in [3.05, 3.63) is 36.8 Å². The molecule has 0 radical (unpaired) electrons. The number of hydrogen-bond donors (Lipinski definition) is 2. The van der Waals surface area contributed by atoms with Crippen molar-refractivity contribution in [3.63, 3.8) is 0 Å². The second-order valence-electron chi connectivity index (χ2n) is 5.84. The number of aromatic nitrogens is 2. The van der Waals surface area contributed by atoms with Crippen LogP contribution in [0.4, 0.5) is 5.69 Å². The predicted octanol–water partition coefficient (Wildman–Crippen LogP) is 1.46. The van der Waals surface area contributed by atoms with E-state index in [1.807, 2.05) is 0 Å². The van der Waals surface area contributed by atoms with Gasteiger partial charge in [-0.3, -0.25) is 4.79 Å². The molecule has 0 aliphatic carbocycles. The summed E-state index contributed by atoms with van der Waals surface area (Å²) in [6.07, 6.45) is 3.87. The van der Waals surface area contributed by atoms with Gasteiger partial charge in [0.05, 0.1) is 25.6 Å². The molecule has 0 spiro atoms. The van der Waals surface area contributed by atoms with E-state index < -0.39 is 15.9 Å². The summed E-state index contributed by atoms with van der Waals surface area (Å²) in [6.45, 7) is 0.543. The highest BCUT2D eigenvalue weighted by Gasteiger charge is 2.34. The number of rotatable bonds is 5. The predicted molar refractivity (Wildman–Crippen MR) is 91.7 cm³/mol. The van der Waals surface area contributed by atoms with Gasteiger partial charge in [-0.05, 0) is 25.0 Å². The van der Waals surface area contributed by atoms with Gasteiger partial charge in [-0.25, -0.2) is 13.4 Å². The fraction of sp³-hybridized carbons (Fsp3) is 0.375. The van der Waals surface area contributed by atoms with E-state index >= 15 is 0 Å². The number of methoxy groups -OCH3 is 1. The van der Waals surface area contributed by atoms with Crippen molar-refractivity contribution < 1.29 is 17.9 Å². The Morgan fingerprint density at radius 2 is 2.28 bits per heavy atom. The summed E-state index contributed by atoms with van der Waals surface area (Å²) in [7, 11) is -2.10. The number of anilines is 1. The molecule has 8 nitrogen and oxygen atoms in total. The molecule has 1 unspecified atom stereocenters. The largest absolute Gasteiger partial charge is 0.497 e. The number of amides is 1. The monoisotopic (exact) mass is 364 g/mol. The van der Waals surface area contributed by atoms with Crippen molar-refractivity contribution in [1.29, 1.82) is 0 Å². The van der Waals surface area contributed by atoms with Crippen LogP contribution >= 0.6 is 0 Å². The molecular formula is C16H20N4O4S. The lowest BCUT2D eigenvalue weighted by atomic mass is 9.98. The van der Waals surface area contributed by atoms with Crippen molar-refractivity contribution >= 4 is 21.6 Å². The molecule has 2 N–H and O–H groups in total. The molecule has 9 heteroatoms. The van der Waals surface area contributed by atoms with Gasteiger partial charge in [0.15, 0.2) is 5.03 Å². The maximum Gasteiger partial charge on any atom is 0.260 e. The lowest BCUT2D eigenvalue weighted by Crippen LogP contribution is -2.43. The Morgan fingerprint density at radius 3 is 3.00 bits per heavy atom. The lowest BCUT2D eigenvalue weighted by Gasteiger charge is -2.30. The zero-order valence-electron chi connectivity index (χ0n) is 13.8. The standard InChI is InChI=1S/C16H20N4O4S/c1-24-14-6-2-5-13(8-14)19-16(21)12-4-3-7-20(10-12)25(22,23)15-9-17-11-18-15/h2,5-6,8-9,11-12H,3-4,7,10H2,1H3,(H,17,18)(H,19,21). The summed E-state index contributed by atoms with van der Waals surface area (Å²) in [4.78, 5) is 18.9. The van der Waals surface area contributed by atoms with Crippen molar-refractivity contribution in [2.45, 2.75) is 17.9 Å². The zero-order valence-corrected chi connectivity index (χ0v) is 14.6. The number of ether oxygens (including phenoxy) is 1. The topological polar surface area (TPSA) is 104 Å². The van der Waals surface area contributed by atoms with Crippen LogP contribution in [0.3, 0.4) is 0 Å². The minimum Gasteiger partial charge on any atom is -0.497 e. The summed E-state index contributed by atoms with van der Waals surface area (Å²) < 4.78 is 31.6. The van der Waals surface area contributed by atoms with E-state index in [0.717, 1.165) is 0 Å². The summed E-state index contributed by atoms with van der Waals surface area (Å²) in [5, 5.41) is 2.88. The third kappa shape index (κ3) is 3.83. The number of nitrogens with one attached hydrogen (secondary N) is 2. The van der Waals surface area contributed by atoms with Crippen LogP contribution < -0.4 is 10.1 Å². The van der Waals surface area contributed by atoms with Crippen molar-refractivity contribution in [2.75, 3.05) is 25.5 Å². The molecule has 1 atom stereocenters. The van der Waals surface area contributed by atoms with Gasteiger partial charge in [0.2, 0.25) is 5.91 Å². The Hall–Kier alpha value is -2.39. The molecule has 2 heterocycles. The number of carbonyl (C=O) groups excluding carboxylic acids is 1. The minimum atomic E-state index is -3.65. The molecule has 1 aliphatic rings. The second kappa shape index (κ2) is 7.24. The Morgan fingerprint density at radius 1 is 1.44 bits per heavy atom. The first kappa shape index (κ1) is 17.4. The van der Waals surface area contributed by atoms with Crippen LogP contribution in [0.15, 0.2) is 41.8 Å². The fourth-order valence-electron chi connectivity index (χ4n) is 2.84. The molecule has 25 heavy (non-hydrogen) atoms. The normalized spacial score (nSPS) is 18.7. The highest BCUT2D eigenvalue weighted by molar-refractivity contribution is 7.89. The van der Waals surface area contributed by atoms with Gasteiger partial charge < -0.3 is 15.0 Å². The number of imidazole rings is 1. The Bertz CT molecular complexity index is 836. The summed E-state index contributed by atoms with van der Waals surface area (Å²) in [5.41, 5.74) is 0.623. The number of aromatic amines is 1.